The van der Waals surface area contributed by atoms with Crippen molar-refractivity contribution in [2.45, 2.75) is 72.5 Å². The number of hydrogen-bond acceptors (Lipinski definition) is 4. The van der Waals surface area contributed by atoms with Gasteiger partial charge in [-0.25, -0.2) is 0 Å². The fraction of sp³-hybridized carbons (Fsp3) is 0.929. The van der Waals surface area contributed by atoms with Crippen molar-refractivity contribution in [3.63, 3.8) is 0 Å². The molecule has 0 spiro atoms. The second-order valence-electron chi connectivity index (χ2n) is 6.37. The molecule has 0 atom stereocenters. The first-order chi connectivity index (χ1) is 8.53. The van der Waals surface area contributed by atoms with E-state index in [2.05, 4.69) is 0 Å². The van der Waals surface area contributed by atoms with Crippen LogP contribution in [0.1, 0.15) is 61.3 Å². The molecule has 0 saturated carbocycles. The predicted molar refractivity (Wildman–Crippen MR) is 79.3 cm³/mol. The van der Waals surface area contributed by atoms with Crippen LogP contribution in [0.3, 0.4) is 0 Å². The molecule has 0 amide bonds. The zero-order chi connectivity index (χ0) is 15.1. The van der Waals surface area contributed by atoms with Gasteiger partial charge in [0, 0.05) is 12.6 Å². The van der Waals surface area contributed by atoms with Crippen molar-refractivity contribution in [1.29, 1.82) is 0 Å². The SMILES string of the molecule is CCOC(=O)CCCP(OC(C)(C)C)OC(C)(C)C. The minimum Gasteiger partial charge on any atom is -0.466 e. The first-order valence-corrected chi connectivity index (χ1v) is 8.21. The van der Waals surface area contributed by atoms with E-state index in [-0.39, 0.29) is 17.2 Å². The van der Waals surface area contributed by atoms with E-state index >= 15 is 0 Å². The van der Waals surface area contributed by atoms with E-state index < -0.39 is 8.38 Å². The van der Waals surface area contributed by atoms with Crippen molar-refractivity contribution >= 4 is 14.3 Å². The van der Waals surface area contributed by atoms with E-state index in [1.807, 2.05) is 48.5 Å². The minimum absolute atomic E-state index is 0.149. The van der Waals surface area contributed by atoms with Crippen LogP contribution in [0.15, 0.2) is 0 Å². The van der Waals surface area contributed by atoms with E-state index in [4.69, 9.17) is 13.8 Å². The van der Waals surface area contributed by atoms with Crippen molar-refractivity contribution in [2.24, 2.45) is 0 Å². The molecule has 5 heteroatoms. The normalized spacial score (nSPS) is 12.8. The summed E-state index contributed by atoms with van der Waals surface area (Å²) in [6, 6.07) is 0. The van der Waals surface area contributed by atoms with Gasteiger partial charge in [0.2, 0.25) is 0 Å². The highest BCUT2D eigenvalue weighted by atomic mass is 31.2. The topological polar surface area (TPSA) is 44.8 Å². The van der Waals surface area contributed by atoms with Gasteiger partial charge in [-0.1, -0.05) is 0 Å². The average molecular weight is 292 g/mol. The lowest BCUT2D eigenvalue weighted by atomic mass is 10.2. The third-order valence-corrected chi connectivity index (χ3v) is 3.96. The van der Waals surface area contributed by atoms with Crippen LogP contribution in [0.4, 0.5) is 0 Å². The molecular weight excluding hydrogens is 263 g/mol. The highest BCUT2D eigenvalue weighted by Crippen LogP contribution is 2.46. The summed E-state index contributed by atoms with van der Waals surface area (Å²) in [7, 11) is -0.984. The lowest BCUT2D eigenvalue weighted by Gasteiger charge is -2.31. The molecule has 0 fully saturated rings. The third kappa shape index (κ3) is 12.6. The lowest BCUT2D eigenvalue weighted by Crippen LogP contribution is -2.23. The van der Waals surface area contributed by atoms with Gasteiger partial charge in [0.1, 0.15) is 0 Å². The zero-order valence-electron chi connectivity index (χ0n) is 13.4. The molecule has 0 heterocycles. The summed E-state index contributed by atoms with van der Waals surface area (Å²) >= 11 is 0. The molecule has 4 nitrogen and oxygen atoms in total. The van der Waals surface area contributed by atoms with Gasteiger partial charge < -0.3 is 13.8 Å². The number of hydrogen-bond donors (Lipinski definition) is 0. The van der Waals surface area contributed by atoms with Crippen molar-refractivity contribution in [2.75, 3.05) is 12.8 Å². The van der Waals surface area contributed by atoms with Gasteiger partial charge in [0.05, 0.1) is 17.8 Å². The molecule has 114 valence electrons. The molecule has 19 heavy (non-hydrogen) atoms. The van der Waals surface area contributed by atoms with Crippen molar-refractivity contribution in [3.8, 4) is 0 Å². The number of carbonyl (C=O) groups is 1. The highest BCUT2D eigenvalue weighted by Gasteiger charge is 2.25. The molecule has 0 aliphatic heterocycles. The highest BCUT2D eigenvalue weighted by molar-refractivity contribution is 7.47. The molecule has 0 bridgehead atoms. The molecule has 0 aliphatic carbocycles. The van der Waals surface area contributed by atoms with Crippen LogP contribution in [0.2, 0.25) is 0 Å². The van der Waals surface area contributed by atoms with E-state index in [0.717, 1.165) is 12.6 Å². The summed E-state index contributed by atoms with van der Waals surface area (Å²) in [5, 5.41) is 0. The summed E-state index contributed by atoms with van der Waals surface area (Å²) in [4.78, 5) is 11.3. The van der Waals surface area contributed by atoms with Gasteiger partial charge in [-0.2, -0.15) is 0 Å². The summed E-state index contributed by atoms with van der Waals surface area (Å²) < 4.78 is 16.8. The number of carbonyl (C=O) groups excluding carboxylic acids is 1. The molecule has 0 unspecified atom stereocenters. The standard InChI is InChI=1S/C14H29O4P/c1-8-16-12(15)10-9-11-19(17-13(2,3)4)18-14(5,6)7/h8-11H2,1-7H3. The van der Waals surface area contributed by atoms with Crippen LogP contribution in [-0.4, -0.2) is 29.9 Å². The van der Waals surface area contributed by atoms with E-state index in [1.54, 1.807) is 0 Å². The summed E-state index contributed by atoms with van der Waals surface area (Å²) in [6.07, 6.45) is 1.91. The molecule has 0 radical (unpaired) electrons. The Kier molecular flexibility index (Phi) is 8.11. The van der Waals surface area contributed by atoms with Crippen molar-refractivity contribution in [1.82, 2.24) is 0 Å². The first kappa shape index (κ1) is 18.8. The summed E-state index contributed by atoms with van der Waals surface area (Å²) in [6.45, 7) is 14.3. The monoisotopic (exact) mass is 292 g/mol. The van der Waals surface area contributed by atoms with Crippen LogP contribution in [-0.2, 0) is 18.6 Å². The van der Waals surface area contributed by atoms with Crippen molar-refractivity contribution in [3.05, 3.63) is 0 Å². The van der Waals surface area contributed by atoms with Crippen LogP contribution in [0.5, 0.6) is 0 Å². The number of esters is 1. The Morgan fingerprint density at radius 2 is 1.47 bits per heavy atom. The largest absolute Gasteiger partial charge is 0.466 e. The van der Waals surface area contributed by atoms with Gasteiger partial charge in [0.25, 0.3) is 0 Å². The van der Waals surface area contributed by atoms with Gasteiger partial charge in [-0.3, -0.25) is 4.79 Å². The average Bonchev–Trinajstić information content (AvgIpc) is 2.12. The lowest BCUT2D eigenvalue weighted by molar-refractivity contribution is -0.143. The van der Waals surface area contributed by atoms with Crippen LogP contribution >= 0.6 is 8.38 Å². The zero-order valence-corrected chi connectivity index (χ0v) is 14.3. The number of ether oxygens (including phenoxy) is 1. The maximum atomic E-state index is 11.3. The summed E-state index contributed by atoms with van der Waals surface area (Å²) in [5.74, 6) is -0.149. The number of rotatable bonds is 7. The third-order valence-electron chi connectivity index (χ3n) is 1.78. The predicted octanol–water partition coefficient (Wildman–Crippen LogP) is 4.27. The Morgan fingerprint density at radius 1 is 1.00 bits per heavy atom. The second kappa shape index (κ2) is 8.18. The van der Waals surface area contributed by atoms with Crippen LogP contribution in [0, 0.1) is 0 Å². The summed E-state index contributed by atoms with van der Waals surface area (Å²) in [5.41, 5.74) is -0.470. The Balaban J connectivity index is 4.23. The Morgan fingerprint density at radius 3 is 1.84 bits per heavy atom. The van der Waals surface area contributed by atoms with Crippen LogP contribution in [0.25, 0.3) is 0 Å². The Labute approximate surface area is 119 Å². The quantitative estimate of drug-likeness (QED) is 0.519. The molecule has 0 aromatic rings. The molecule has 0 saturated heterocycles. The van der Waals surface area contributed by atoms with Crippen molar-refractivity contribution < 1.29 is 18.6 Å². The molecule has 0 aromatic heterocycles. The van der Waals surface area contributed by atoms with E-state index in [0.29, 0.717) is 13.0 Å². The maximum Gasteiger partial charge on any atom is 0.305 e. The van der Waals surface area contributed by atoms with E-state index in [9.17, 15) is 4.79 Å². The molecule has 0 N–H and O–H groups in total. The maximum absolute atomic E-state index is 11.3. The van der Waals surface area contributed by atoms with E-state index in [1.165, 1.54) is 0 Å². The molecule has 0 rings (SSSR count). The minimum atomic E-state index is -0.984. The fourth-order valence-corrected chi connectivity index (χ4v) is 3.16. The van der Waals surface area contributed by atoms with Gasteiger partial charge in [-0.15, -0.1) is 0 Å². The van der Waals surface area contributed by atoms with Gasteiger partial charge in [0.15, 0.2) is 8.38 Å². The molecule has 0 aliphatic rings. The van der Waals surface area contributed by atoms with Crippen LogP contribution < -0.4 is 0 Å². The Bertz CT molecular complexity index is 250. The molecular formula is C14H29O4P. The molecule has 0 aromatic carbocycles. The van der Waals surface area contributed by atoms with Gasteiger partial charge in [-0.05, 0) is 54.9 Å². The second-order valence-corrected chi connectivity index (χ2v) is 7.85. The first-order valence-electron chi connectivity index (χ1n) is 6.85. The van der Waals surface area contributed by atoms with Gasteiger partial charge >= 0.3 is 5.97 Å². The Hall–Kier alpha value is -0.180. The smallest absolute Gasteiger partial charge is 0.305 e. The fourth-order valence-electron chi connectivity index (χ4n) is 1.31.